The van der Waals surface area contributed by atoms with E-state index in [0.29, 0.717) is 0 Å². The normalized spacial score (nSPS) is 11.1. The summed E-state index contributed by atoms with van der Waals surface area (Å²) in [6.45, 7) is 0. The number of rotatable bonds is 8. The maximum absolute atomic E-state index is 3.64. The predicted molar refractivity (Wildman–Crippen MR) is 151 cm³/mol. The van der Waals surface area contributed by atoms with Gasteiger partial charge >= 0.3 is 0 Å². The van der Waals surface area contributed by atoms with E-state index in [1.807, 2.05) is 0 Å². The number of hydrogen-bond acceptors (Lipinski definition) is 0. The molecular formula is C32H27P2. The van der Waals surface area contributed by atoms with Crippen molar-refractivity contribution < 1.29 is 0 Å². The Kier molecular flexibility index (Phi) is 7.62. The van der Waals surface area contributed by atoms with Gasteiger partial charge in [-0.05, 0) is 54.3 Å². The predicted octanol–water partition coefficient (Wildman–Crippen LogP) is 6.75. The highest BCUT2D eigenvalue weighted by molar-refractivity contribution is 7.72. The molecule has 0 heterocycles. The second-order valence-corrected chi connectivity index (χ2v) is 12.6. The van der Waals surface area contributed by atoms with Crippen molar-refractivity contribution in [2.24, 2.45) is 0 Å². The van der Waals surface area contributed by atoms with Gasteiger partial charge in [0.15, 0.2) is 0 Å². The van der Waals surface area contributed by atoms with Crippen molar-refractivity contribution in [3.05, 3.63) is 157 Å². The van der Waals surface area contributed by atoms with E-state index in [0.717, 1.165) is 12.3 Å². The Hall–Kier alpha value is -3.04. The zero-order valence-electron chi connectivity index (χ0n) is 19.1. The van der Waals surface area contributed by atoms with Crippen molar-refractivity contribution >= 4 is 37.1 Å². The summed E-state index contributed by atoms with van der Waals surface area (Å²) in [5.41, 5.74) is 2.77. The molecule has 5 aromatic rings. The smallest absolute Gasteiger partial charge is 0.00165 e. The molecule has 34 heavy (non-hydrogen) atoms. The van der Waals surface area contributed by atoms with Crippen LogP contribution in [0.3, 0.4) is 0 Å². The van der Waals surface area contributed by atoms with Crippen molar-refractivity contribution in [1.29, 1.82) is 0 Å². The molecule has 2 heteroatoms. The first kappa shape index (κ1) is 22.7. The van der Waals surface area contributed by atoms with Crippen molar-refractivity contribution in [1.82, 2.24) is 0 Å². The van der Waals surface area contributed by atoms with Crippen LogP contribution in [0.1, 0.15) is 11.1 Å². The minimum Gasteiger partial charge on any atom is -0.0622 e. The van der Waals surface area contributed by atoms with E-state index in [1.54, 1.807) is 0 Å². The van der Waals surface area contributed by atoms with E-state index in [1.165, 1.54) is 32.3 Å². The van der Waals surface area contributed by atoms with E-state index >= 15 is 0 Å². The minimum atomic E-state index is -0.501. The van der Waals surface area contributed by atoms with Crippen molar-refractivity contribution in [2.75, 3.05) is 0 Å². The molecule has 5 rings (SSSR count). The third-order valence-electron chi connectivity index (χ3n) is 5.95. The Labute approximate surface area is 205 Å². The molecule has 0 spiro atoms. The zero-order valence-corrected chi connectivity index (χ0v) is 20.9. The molecule has 0 aromatic heterocycles. The van der Waals surface area contributed by atoms with Crippen LogP contribution >= 0.6 is 15.8 Å². The molecule has 0 N–H and O–H groups in total. The van der Waals surface area contributed by atoms with E-state index in [9.17, 15) is 0 Å². The third-order valence-corrected chi connectivity index (χ3v) is 10.9. The Morgan fingerprint density at radius 2 is 0.794 bits per heavy atom. The molecule has 0 unspecified atom stereocenters. The summed E-state index contributed by atoms with van der Waals surface area (Å²) in [6.07, 6.45) is 2.04. The van der Waals surface area contributed by atoms with Crippen LogP contribution < -0.4 is 21.2 Å². The van der Waals surface area contributed by atoms with Gasteiger partial charge in [-0.1, -0.05) is 140 Å². The van der Waals surface area contributed by atoms with Crippen LogP contribution in [0.4, 0.5) is 0 Å². The molecule has 0 saturated heterocycles. The van der Waals surface area contributed by atoms with E-state index < -0.39 is 15.8 Å². The summed E-state index contributed by atoms with van der Waals surface area (Å²) in [6, 6.07) is 54.2. The Bertz CT molecular complexity index is 1100. The van der Waals surface area contributed by atoms with Crippen molar-refractivity contribution in [3.63, 3.8) is 0 Å². The molecule has 0 aliphatic heterocycles. The fourth-order valence-corrected chi connectivity index (χ4v) is 8.93. The first-order valence-corrected chi connectivity index (χ1v) is 14.7. The van der Waals surface area contributed by atoms with Gasteiger partial charge in [0.25, 0.3) is 0 Å². The Morgan fingerprint density at radius 3 is 1.21 bits per heavy atom. The molecule has 165 valence electrons. The highest BCUT2D eigenvalue weighted by atomic mass is 31.1. The van der Waals surface area contributed by atoms with Crippen LogP contribution in [-0.4, -0.2) is 0 Å². The second-order valence-electron chi connectivity index (χ2n) is 8.19. The summed E-state index contributed by atoms with van der Waals surface area (Å²) in [4.78, 5) is 0. The number of benzene rings is 5. The van der Waals surface area contributed by atoms with Crippen molar-refractivity contribution in [2.45, 2.75) is 12.3 Å². The van der Waals surface area contributed by atoms with Gasteiger partial charge in [0.2, 0.25) is 0 Å². The SMILES string of the molecule is [c]1cccc(CP(c2ccccc2)c2ccccc2)c1CP(c1ccccc1)c1ccccc1. The van der Waals surface area contributed by atoms with Gasteiger partial charge < -0.3 is 0 Å². The monoisotopic (exact) mass is 473 g/mol. The molecule has 0 bridgehead atoms. The molecule has 0 saturated carbocycles. The lowest BCUT2D eigenvalue weighted by atomic mass is 10.1. The first-order chi connectivity index (χ1) is 16.9. The molecule has 0 fully saturated rings. The van der Waals surface area contributed by atoms with Crippen LogP contribution in [0.2, 0.25) is 0 Å². The summed E-state index contributed by atoms with van der Waals surface area (Å²) in [5.74, 6) is 0. The third kappa shape index (κ3) is 5.53. The molecule has 0 atom stereocenters. The minimum absolute atomic E-state index is 0.490. The Morgan fingerprint density at radius 1 is 0.412 bits per heavy atom. The van der Waals surface area contributed by atoms with Crippen LogP contribution in [-0.2, 0) is 12.3 Å². The fourth-order valence-electron chi connectivity index (χ4n) is 4.23. The summed E-state index contributed by atoms with van der Waals surface area (Å²) < 4.78 is 0. The van der Waals surface area contributed by atoms with E-state index in [-0.39, 0.29) is 0 Å². The molecule has 0 amide bonds. The summed E-state index contributed by atoms with van der Waals surface area (Å²) >= 11 is 0. The molecule has 0 aliphatic carbocycles. The average Bonchev–Trinajstić information content (AvgIpc) is 2.93. The van der Waals surface area contributed by atoms with Gasteiger partial charge in [-0.3, -0.25) is 0 Å². The van der Waals surface area contributed by atoms with Crippen LogP contribution in [0, 0.1) is 6.07 Å². The highest BCUT2D eigenvalue weighted by Gasteiger charge is 2.19. The van der Waals surface area contributed by atoms with Crippen LogP contribution in [0.25, 0.3) is 0 Å². The molecule has 1 radical (unpaired) electrons. The molecular weight excluding hydrogens is 446 g/mol. The van der Waals surface area contributed by atoms with Gasteiger partial charge in [-0.15, -0.1) is 0 Å². The van der Waals surface area contributed by atoms with Gasteiger partial charge in [0, 0.05) is 12.3 Å². The van der Waals surface area contributed by atoms with E-state index in [2.05, 4.69) is 146 Å². The van der Waals surface area contributed by atoms with Gasteiger partial charge in [0.05, 0.1) is 0 Å². The second kappa shape index (κ2) is 11.4. The Balaban J connectivity index is 1.51. The van der Waals surface area contributed by atoms with Crippen molar-refractivity contribution in [3.8, 4) is 0 Å². The quantitative estimate of drug-likeness (QED) is 0.219. The van der Waals surface area contributed by atoms with Gasteiger partial charge in [-0.25, -0.2) is 0 Å². The topological polar surface area (TPSA) is 0 Å². The standard InChI is InChI=1S/C32H27P2/c1-5-17-29(18-6-1)33(30-19-7-2-8-20-30)25-27-15-13-14-16-28(27)26-34(31-21-9-3-10-22-31)32-23-11-4-12-24-32/h1-15,17-24H,25-26H2. The lowest BCUT2D eigenvalue weighted by Crippen LogP contribution is -2.15. The fraction of sp³-hybridized carbons (Fsp3) is 0.0625. The average molecular weight is 474 g/mol. The molecule has 5 aromatic carbocycles. The maximum atomic E-state index is 3.64. The summed E-state index contributed by atoms with van der Waals surface area (Å²) in [5, 5.41) is 5.68. The lowest BCUT2D eigenvalue weighted by Gasteiger charge is -2.23. The number of hydrogen-bond donors (Lipinski definition) is 0. The highest BCUT2D eigenvalue weighted by Crippen LogP contribution is 2.42. The summed E-state index contributed by atoms with van der Waals surface area (Å²) in [7, 11) is -0.991. The zero-order chi connectivity index (χ0) is 23.0. The van der Waals surface area contributed by atoms with Gasteiger partial charge in [-0.2, -0.15) is 0 Å². The largest absolute Gasteiger partial charge is 0.0622 e. The lowest BCUT2D eigenvalue weighted by molar-refractivity contribution is 1.26. The van der Waals surface area contributed by atoms with E-state index in [4.69, 9.17) is 0 Å². The van der Waals surface area contributed by atoms with Gasteiger partial charge in [0.1, 0.15) is 0 Å². The maximum Gasteiger partial charge on any atom is 0.00165 e. The molecule has 0 nitrogen and oxygen atoms in total. The van der Waals surface area contributed by atoms with Crippen LogP contribution in [0.5, 0.6) is 0 Å². The first-order valence-electron chi connectivity index (χ1n) is 11.6. The molecule has 0 aliphatic rings. The van der Waals surface area contributed by atoms with Crippen LogP contribution in [0.15, 0.2) is 140 Å².